The molecule has 3 N–H and O–H groups in total. The highest BCUT2D eigenvalue weighted by Crippen LogP contribution is 2.13. The van der Waals surface area contributed by atoms with Crippen LogP contribution in [0.2, 0.25) is 0 Å². The molecule has 0 unspecified atom stereocenters. The number of carbonyl (C=O) groups excluding carboxylic acids is 1. The van der Waals surface area contributed by atoms with Gasteiger partial charge < -0.3 is 15.6 Å². The first-order valence-corrected chi connectivity index (χ1v) is 10.2. The molecule has 1 atom stereocenters. The Hall–Kier alpha value is -1.10. The number of aliphatic carboxylic acids is 1. The van der Waals surface area contributed by atoms with Crippen LogP contribution in [0.5, 0.6) is 0 Å². The Balaban J connectivity index is 3.19. The second-order valence-corrected chi connectivity index (χ2v) is 6.97. The molecular weight excluding hydrogens is 318 g/mol. The molecule has 5 heteroatoms. The zero-order chi connectivity index (χ0) is 18.8. The van der Waals surface area contributed by atoms with Crippen molar-refractivity contribution in [2.75, 3.05) is 6.61 Å². The van der Waals surface area contributed by atoms with Crippen molar-refractivity contribution < 1.29 is 19.4 Å². The Morgan fingerprint density at radius 2 is 1.20 bits per heavy atom. The summed E-state index contributed by atoms with van der Waals surface area (Å²) in [5, 5.41) is 8.60. The predicted octanol–water partition coefficient (Wildman–Crippen LogP) is 4.81. The predicted molar refractivity (Wildman–Crippen MR) is 101 cm³/mol. The summed E-state index contributed by atoms with van der Waals surface area (Å²) in [5.41, 5.74) is 5.27. The summed E-state index contributed by atoms with van der Waals surface area (Å²) in [5.74, 6) is -1.70. The van der Waals surface area contributed by atoms with E-state index in [1.54, 1.807) is 0 Å². The molecule has 0 aromatic rings. The number of ether oxygens (including phenoxy) is 1. The molecule has 0 aromatic heterocycles. The van der Waals surface area contributed by atoms with E-state index in [0.29, 0.717) is 6.61 Å². The molecule has 25 heavy (non-hydrogen) atoms. The first kappa shape index (κ1) is 23.9. The highest BCUT2D eigenvalue weighted by atomic mass is 16.5. The second-order valence-electron chi connectivity index (χ2n) is 6.97. The van der Waals surface area contributed by atoms with Crippen molar-refractivity contribution in [3.05, 3.63) is 0 Å². The van der Waals surface area contributed by atoms with Crippen LogP contribution in [0.3, 0.4) is 0 Å². The molecule has 0 saturated carbocycles. The summed E-state index contributed by atoms with van der Waals surface area (Å²) in [6.07, 6.45) is 17.7. The van der Waals surface area contributed by atoms with Gasteiger partial charge in [-0.25, -0.2) is 0 Å². The molecule has 148 valence electrons. The van der Waals surface area contributed by atoms with E-state index in [1.807, 2.05) is 0 Å². The van der Waals surface area contributed by atoms with Crippen LogP contribution in [0.1, 0.15) is 103 Å². The second kappa shape index (κ2) is 17.7. The number of rotatable bonds is 18. The zero-order valence-electron chi connectivity index (χ0n) is 16.1. The molecule has 0 amide bonds. The van der Waals surface area contributed by atoms with Gasteiger partial charge in [0.1, 0.15) is 6.04 Å². The van der Waals surface area contributed by atoms with Crippen LogP contribution < -0.4 is 5.73 Å². The molecule has 0 bridgehead atoms. The molecule has 0 aliphatic carbocycles. The maximum Gasteiger partial charge on any atom is 0.321 e. The van der Waals surface area contributed by atoms with Gasteiger partial charge in [-0.15, -0.1) is 0 Å². The monoisotopic (exact) mass is 357 g/mol. The van der Waals surface area contributed by atoms with Gasteiger partial charge in [-0.2, -0.15) is 0 Å². The number of nitrogens with two attached hydrogens (primary N) is 1. The molecule has 0 spiro atoms. The van der Waals surface area contributed by atoms with Crippen LogP contribution >= 0.6 is 0 Å². The molecule has 0 rings (SSSR count). The van der Waals surface area contributed by atoms with E-state index in [-0.39, 0.29) is 6.42 Å². The number of unbranched alkanes of at least 4 members (excludes halogenated alkanes) is 13. The molecule has 5 nitrogen and oxygen atoms in total. The third-order valence-corrected chi connectivity index (χ3v) is 4.46. The van der Waals surface area contributed by atoms with E-state index >= 15 is 0 Å². The van der Waals surface area contributed by atoms with Crippen molar-refractivity contribution in [1.82, 2.24) is 0 Å². The number of carboxylic acids is 1. The SMILES string of the molecule is CCCCCCCCCCCCCCCCOC(=O)C[C@H](N)C(=O)O. The van der Waals surface area contributed by atoms with Crippen LogP contribution in [0.25, 0.3) is 0 Å². The summed E-state index contributed by atoms with van der Waals surface area (Å²) in [6.45, 7) is 2.62. The Morgan fingerprint density at radius 1 is 0.800 bits per heavy atom. The molecule has 0 saturated heterocycles. The van der Waals surface area contributed by atoms with Gasteiger partial charge in [0.25, 0.3) is 0 Å². The third kappa shape index (κ3) is 17.5. The van der Waals surface area contributed by atoms with Gasteiger partial charge in [0.05, 0.1) is 13.0 Å². The minimum absolute atomic E-state index is 0.256. The van der Waals surface area contributed by atoms with Gasteiger partial charge in [0.15, 0.2) is 0 Å². The van der Waals surface area contributed by atoms with Crippen molar-refractivity contribution in [2.45, 2.75) is 109 Å². The van der Waals surface area contributed by atoms with Gasteiger partial charge in [-0.3, -0.25) is 9.59 Å². The maximum atomic E-state index is 11.3. The van der Waals surface area contributed by atoms with Crippen LogP contribution in [0, 0.1) is 0 Å². The van der Waals surface area contributed by atoms with E-state index in [0.717, 1.165) is 12.8 Å². The van der Waals surface area contributed by atoms with Crippen molar-refractivity contribution in [3.63, 3.8) is 0 Å². The number of carbonyl (C=O) groups is 2. The zero-order valence-corrected chi connectivity index (χ0v) is 16.1. The lowest BCUT2D eigenvalue weighted by Crippen LogP contribution is -2.33. The lowest BCUT2D eigenvalue weighted by molar-refractivity contribution is -0.148. The quantitative estimate of drug-likeness (QED) is 0.271. The Labute approximate surface area is 153 Å². The third-order valence-electron chi connectivity index (χ3n) is 4.46. The minimum Gasteiger partial charge on any atom is -0.480 e. The molecule has 0 radical (unpaired) electrons. The summed E-state index contributed by atoms with van der Waals surface area (Å²) in [6, 6.07) is -1.16. The van der Waals surface area contributed by atoms with Crippen molar-refractivity contribution >= 4 is 11.9 Å². The lowest BCUT2D eigenvalue weighted by atomic mass is 10.0. The molecule has 0 heterocycles. The van der Waals surface area contributed by atoms with E-state index in [1.165, 1.54) is 77.0 Å². The first-order chi connectivity index (χ1) is 12.1. The standard InChI is InChI=1S/C20H39NO4/c1-2-3-4-5-6-7-8-9-10-11-12-13-14-15-16-25-19(22)17-18(21)20(23)24/h18H,2-17,21H2,1H3,(H,23,24)/t18-/m0/s1. The normalized spacial score (nSPS) is 12.1. The van der Waals surface area contributed by atoms with Crippen LogP contribution in [-0.2, 0) is 14.3 Å². The molecule has 0 fully saturated rings. The summed E-state index contributed by atoms with van der Waals surface area (Å²) in [4.78, 5) is 21.8. The molecule has 0 aliphatic heterocycles. The molecular formula is C20H39NO4. The van der Waals surface area contributed by atoms with Crippen LogP contribution in [-0.4, -0.2) is 29.7 Å². The van der Waals surface area contributed by atoms with E-state index < -0.39 is 18.0 Å². The van der Waals surface area contributed by atoms with Crippen molar-refractivity contribution in [2.24, 2.45) is 5.73 Å². The summed E-state index contributed by atoms with van der Waals surface area (Å²) >= 11 is 0. The van der Waals surface area contributed by atoms with Crippen LogP contribution in [0.15, 0.2) is 0 Å². The number of carboxylic acid groups (broad SMARTS) is 1. The first-order valence-electron chi connectivity index (χ1n) is 10.2. The summed E-state index contributed by atoms with van der Waals surface area (Å²) in [7, 11) is 0. The van der Waals surface area contributed by atoms with E-state index in [4.69, 9.17) is 15.6 Å². The fourth-order valence-corrected chi connectivity index (χ4v) is 2.81. The average molecular weight is 358 g/mol. The number of hydrogen-bond donors (Lipinski definition) is 2. The molecule has 0 aromatic carbocycles. The van der Waals surface area contributed by atoms with Crippen molar-refractivity contribution in [3.8, 4) is 0 Å². The number of hydrogen-bond acceptors (Lipinski definition) is 4. The van der Waals surface area contributed by atoms with Gasteiger partial charge >= 0.3 is 11.9 Å². The Kier molecular flexibility index (Phi) is 16.9. The fourth-order valence-electron chi connectivity index (χ4n) is 2.81. The van der Waals surface area contributed by atoms with Gasteiger partial charge in [-0.1, -0.05) is 90.4 Å². The number of esters is 1. The van der Waals surface area contributed by atoms with Gasteiger partial charge in [0.2, 0.25) is 0 Å². The lowest BCUT2D eigenvalue weighted by Gasteiger charge is -2.07. The van der Waals surface area contributed by atoms with Gasteiger partial charge in [0, 0.05) is 0 Å². The van der Waals surface area contributed by atoms with Crippen LogP contribution in [0.4, 0.5) is 0 Å². The minimum atomic E-state index is -1.17. The largest absolute Gasteiger partial charge is 0.480 e. The van der Waals surface area contributed by atoms with Crippen molar-refractivity contribution in [1.29, 1.82) is 0 Å². The highest BCUT2D eigenvalue weighted by Gasteiger charge is 2.16. The molecule has 0 aliphatic rings. The smallest absolute Gasteiger partial charge is 0.321 e. The van der Waals surface area contributed by atoms with E-state index in [9.17, 15) is 9.59 Å². The van der Waals surface area contributed by atoms with Gasteiger partial charge in [-0.05, 0) is 6.42 Å². The topological polar surface area (TPSA) is 89.6 Å². The Morgan fingerprint density at radius 3 is 1.60 bits per heavy atom. The maximum absolute atomic E-state index is 11.3. The Bertz CT molecular complexity index is 334. The highest BCUT2D eigenvalue weighted by molar-refractivity contribution is 5.81. The summed E-state index contributed by atoms with van der Waals surface area (Å²) < 4.78 is 4.99. The fraction of sp³-hybridized carbons (Fsp3) is 0.900. The average Bonchev–Trinajstić information content (AvgIpc) is 2.58. The van der Waals surface area contributed by atoms with E-state index in [2.05, 4.69) is 6.92 Å².